The van der Waals surface area contributed by atoms with Crippen molar-refractivity contribution in [3.05, 3.63) is 11.5 Å². The van der Waals surface area contributed by atoms with Crippen LogP contribution in [0.1, 0.15) is 13.3 Å². The van der Waals surface area contributed by atoms with Crippen LogP contribution in [0, 0.1) is 6.57 Å². The topological polar surface area (TPSA) is 42.7 Å². The number of nitrogens with two attached hydrogens (primary N) is 1. The number of hydrogen-bond acceptors (Lipinski definition) is 1. The van der Waals surface area contributed by atoms with Crippen LogP contribution in [-0.2, 0) is 0 Å². The van der Waals surface area contributed by atoms with Gasteiger partial charge >= 0.3 is 0 Å². The van der Waals surface area contributed by atoms with E-state index >= 15 is 0 Å². The summed E-state index contributed by atoms with van der Waals surface area (Å²) in [6, 6.07) is 0. The summed E-state index contributed by atoms with van der Waals surface area (Å²) in [5.74, 6) is 0.398. The largest absolute Gasteiger partial charge is 0.381 e. The molecule has 3 heteroatoms. The van der Waals surface area contributed by atoms with Crippen LogP contribution in [0.15, 0.2) is 5.10 Å². The molecule has 0 aromatic carbocycles. The third-order valence-electron chi connectivity index (χ3n) is 0.541. The number of rotatable bonds is 1. The molecule has 0 amide bonds. The molecule has 2 N–H and O–H groups in total. The molecule has 7 heavy (non-hydrogen) atoms. The molecule has 0 unspecified atom stereocenters. The van der Waals surface area contributed by atoms with E-state index in [4.69, 9.17) is 12.3 Å². The Morgan fingerprint density at radius 3 is 2.71 bits per heavy atom. The SMILES string of the molecule is [C-]#[N+]/N=C(\N)CC. The van der Waals surface area contributed by atoms with Crippen LogP contribution >= 0.6 is 0 Å². The highest BCUT2D eigenvalue weighted by molar-refractivity contribution is 5.80. The molecule has 0 bridgehead atoms. The second-order valence-corrected chi connectivity index (χ2v) is 1.04. The maximum Gasteiger partial charge on any atom is 0.182 e. The molecule has 0 saturated carbocycles. The molecule has 0 spiro atoms. The van der Waals surface area contributed by atoms with Gasteiger partial charge in [0.2, 0.25) is 0 Å². The lowest BCUT2D eigenvalue weighted by Crippen LogP contribution is -2.07. The molecule has 38 valence electrons. The minimum Gasteiger partial charge on any atom is -0.381 e. The summed E-state index contributed by atoms with van der Waals surface area (Å²) in [5, 5.41) is 3.23. The van der Waals surface area contributed by atoms with E-state index in [9.17, 15) is 0 Å². The van der Waals surface area contributed by atoms with Gasteiger partial charge in [-0.05, 0) is 0 Å². The number of amidine groups is 1. The molecule has 0 rings (SSSR count). The zero-order valence-corrected chi connectivity index (χ0v) is 4.18. The molecular weight excluding hydrogens is 90.1 g/mol. The molecular formula is C4H7N3. The van der Waals surface area contributed by atoms with Crippen molar-refractivity contribution in [2.24, 2.45) is 10.8 Å². The van der Waals surface area contributed by atoms with Crippen molar-refractivity contribution in [1.29, 1.82) is 0 Å². The summed E-state index contributed by atoms with van der Waals surface area (Å²) in [6.45, 7) is 8.05. The summed E-state index contributed by atoms with van der Waals surface area (Å²) in [6.07, 6.45) is 0.655. The van der Waals surface area contributed by atoms with Crippen LogP contribution in [0.3, 0.4) is 0 Å². The Bertz CT molecular complexity index is 109. The van der Waals surface area contributed by atoms with Gasteiger partial charge in [0.25, 0.3) is 0 Å². The fourth-order valence-corrected chi connectivity index (χ4v) is 0.135. The summed E-state index contributed by atoms with van der Waals surface area (Å²) in [7, 11) is 0. The van der Waals surface area contributed by atoms with E-state index in [0.717, 1.165) is 0 Å². The number of nitrogens with zero attached hydrogens (tertiary/aromatic N) is 2. The van der Waals surface area contributed by atoms with E-state index in [1.54, 1.807) is 0 Å². The van der Waals surface area contributed by atoms with Gasteiger partial charge in [0.15, 0.2) is 5.84 Å². The van der Waals surface area contributed by atoms with E-state index in [1.165, 1.54) is 0 Å². The van der Waals surface area contributed by atoms with Crippen LogP contribution in [0.5, 0.6) is 0 Å². The van der Waals surface area contributed by atoms with Crippen molar-refractivity contribution >= 4 is 5.84 Å². The predicted octanol–water partition coefficient (Wildman–Crippen LogP) is 0.588. The maximum atomic E-state index is 6.19. The average molecular weight is 97.1 g/mol. The summed E-state index contributed by atoms with van der Waals surface area (Å²) in [4.78, 5) is 2.72. The highest BCUT2D eigenvalue weighted by atomic mass is 15.2. The van der Waals surface area contributed by atoms with Gasteiger partial charge in [-0.3, -0.25) is 0 Å². The monoisotopic (exact) mass is 97.1 g/mol. The summed E-state index contributed by atoms with van der Waals surface area (Å²) in [5.41, 5.74) is 5.12. The van der Waals surface area contributed by atoms with E-state index < -0.39 is 0 Å². The molecule has 0 aliphatic heterocycles. The molecule has 0 atom stereocenters. The first-order chi connectivity index (χ1) is 3.31. The van der Waals surface area contributed by atoms with Crippen LogP contribution < -0.4 is 5.73 Å². The molecule has 0 aliphatic carbocycles. The van der Waals surface area contributed by atoms with E-state index in [0.29, 0.717) is 12.3 Å². The normalized spacial score (nSPS) is 10.6. The van der Waals surface area contributed by atoms with Crippen LogP contribution in [-0.4, -0.2) is 5.84 Å². The van der Waals surface area contributed by atoms with Crippen LogP contribution in [0.4, 0.5) is 0 Å². The predicted molar refractivity (Wildman–Crippen MR) is 28.5 cm³/mol. The Kier molecular flexibility index (Phi) is 2.69. The Hall–Kier alpha value is -1.04. The van der Waals surface area contributed by atoms with Gasteiger partial charge in [-0.25, -0.2) is 0 Å². The third kappa shape index (κ3) is 2.77. The first-order valence-corrected chi connectivity index (χ1v) is 2.00. The lowest BCUT2D eigenvalue weighted by atomic mass is 10.5. The van der Waals surface area contributed by atoms with Gasteiger partial charge in [-0.1, -0.05) is 6.92 Å². The minimum atomic E-state index is 0.398. The minimum absolute atomic E-state index is 0.398. The number of hydrogen-bond donors (Lipinski definition) is 1. The first-order valence-electron chi connectivity index (χ1n) is 2.00. The zero-order chi connectivity index (χ0) is 5.70. The summed E-state index contributed by atoms with van der Waals surface area (Å²) < 4.78 is 0. The smallest absolute Gasteiger partial charge is 0.182 e. The fraction of sp³-hybridized carbons (Fsp3) is 0.500. The fourth-order valence-electron chi connectivity index (χ4n) is 0.135. The average Bonchev–Trinajstić information content (AvgIpc) is 1.68. The molecule has 0 saturated heterocycles. The highest BCUT2D eigenvalue weighted by Crippen LogP contribution is 1.75. The maximum absolute atomic E-state index is 6.19. The van der Waals surface area contributed by atoms with Gasteiger partial charge < -0.3 is 5.73 Å². The Balaban J connectivity index is 3.56. The van der Waals surface area contributed by atoms with Crippen LogP contribution in [0.25, 0.3) is 4.95 Å². The summed E-state index contributed by atoms with van der Waals surface area (Å²) >= 11 is 0. The van der Waals surface area contributed by atoms with E-state index in [-0.39, 0.29) is 0 Å². The molecule has 0 heterocycles. The van der Waals surface area contributed by atoms with Crippen LogP contribution in [0.2, 0.25) is 0 Å². The van der Waals surface area contributed by atoms with E-state index in [1.807, 2.05) is 6.92 Å². The highest BCUT2D eigenvalue weighted by Gasteiger charge is 1.84. The standard InChI is InChI=1S/C4H7N3/c1-3-4(5)7-6-2/h3H2,1H3,(H2,5,7). The lowest BCUT2D eigenvalue weighted by Gasteiger charge is -1.78. The van der Waals surface area contributed by atoms with Crippen molar-refractivity contribution in [3.63, 3.8) is 0 Å². The van der Waals surface area contributed by atoms with Crippen molar-refractivity contribution in [1.82, 2.24) is 0 Å². The van der Waals surface area contributed by atoms with Gasteiger partial charge in [-0.2, -0.15) is 6.57 Å². The first kappa shape index (κ1) is 5.96. The molecule has 0 radical (unpaired) electrons. The van der Waals surface area contributed by atoms with Crippen molar-refractivity contribution in [2.45, 2.75) is 13.3 Å². The van der Waals surface area contributed by atoms with Crippen molar-refractivity contribution in [3.8, 4) is 0 Å². The second-order valence-electron chi connectivity index (χ2n) is 1.04. The Labute approximate surface area is 42.6 Å². The quantitative estimate of drug-likeness (QED) is 0.221. The van der Waals surface area contributed by atoms with Gasteiger partial charge in [0, 0.05) is 6.42 Å². The molecule has 0 fully saturated rings. The second kappa shape index (κ2) is 3.16. The van der Waals surface area contributed by atoms with E-state index in [2.05, 4.69) is 10.1 Å². The lowest BCUT2D eigenvalue weighted by molar-refractivity contribution is 1.23. The van der Waals surface area contributed by atoms with Gasteiger partial charge in [0.05, 0.1) is 0 Å². The van der Waals surface area contributed by atoms with Crippen molar-refractivity contribution in [2.75, 3.05) is 0 Å². The van der Waals surface area contributed by atoms with Gasteiger partial charge in [-0.15, -0.1) is 4.95 Å². The Morgan fingerprint density at radius 2 is 2.57 bits per heavy atom. The zero-order valence-electron chi connectivity index (χ0n) is 4.18. The molecule has 0 aromatic heterocycles. The molecule has 3 nitrogen and oxygen atoms in total. The van der Waals surface area contributed by atoms with Gasteiger partial charge in [0.1, 0.15) is 5.10 Å². The molecule has 0 aromatic rings. The Morgan fingerprint density at radius 1 is 2.00 bits per heavy atom. The van der Waals surface area contributed by atoms with Crippen molar-refractivity contribution < 1.29 is 0 Å². The third-order valence-corrected chi connectivity index (χ3v) is 0.541. The molecule has 0 aliphatic rings.